The van der Waals surface area contributed by atoms with Crippen molar-refractivity contribution in [2.24, 2.45) is 0 Å². The predicted octanol–water partition coefficient (Wildman–Crippen LogP) is 4.20. The Morgan fingerprint density at radius 1 is 1.10 bits per heavy atom. The average molecular weight is 358 g/mol. The Morgan fingerprint density at radius 2 is 1.76 bits per heavy atom. The Bertz CT molecular complexity index is 595. The van der Waals surface area contributed by atoms with E-state index in [2.05, 4.69) is 26.0 Å². The molecule has 6 heteroatoms. The molecule has 0 fully saturated rings. The monoisotopic (exact) mass is 357 g/mol. The number of rotatable bonds is 6. The van der Waals surface area contributed by atoms with Crippen LogP contribution in [0.2, 0.25) is 0 Å². The normalized spacial score (nSPS) is 12.2. The molecule has 1 unspecified atom stereocenters. The number of ether oxygens (including phenoxy) is 1. The first-order chi connectivity index (χ1) is 10.1. The molecule has 0 saturated heterocycles. The molecule has 0 heterocycles. The van der Waals surface area contributed by atoms with Gasteiger partial charge in [-0.05, 0) is 34.1 Å². The molecule has 0 radical (unpaired) electrons. The van der Waals surface area contributed by atoms with Gasteiger partial charge in [-0.3, -0.25) is 0 Å². The number of aliphatic hydroxyl groups excluding tert-OH is 1. The van der Waals surface area contributed by atoms with Crippen molar-refractivity contribution in [2.45, 2.75) is 12.7 Å². The van der Waals surface area contributed by atoms with Gasteiger partial charge in [-0.2, -0.15) is 8.78 Å². The van der Waals surface area contributed by atoms with Gasteiger partial charge in [-0.15, -0.1) is 0 Å². The van der Waals surface area contributed by atoms with Crippen molar-refractivity contribution < 1.29 is 18.6 Å². The molecule has 0 amide bonds. The number of hydrogen-bond donors (Lipinski definition) is 2. The Hall–Kier alpha value is -1.66. The minimum Gasteiger partial charge on any atom is -0.434 e. The van der Waals surface area contributed by atoms with E-state index in [4.69, 9.17) is 0 Å². The third kappa shape index (κ3) is 4.15. The maximum Gasteiger partial charge on any atom is 0.387 e. The fourth-order valence-corrected chi connectivity index (χ4v) is 2.36. The molecule has 2 N–H and O–H groups in total. The Kier molecular flexibility index (Phi) is 5.52. The number of para-hydroxylation sites is 2. The second kappa shape index (κ2) is 7.38. The first-order valence-electron chi connectivity index (χ1n) is 6.27. The zero-order valence-corrected chi connectivity index (χ0v) is 12.6. The van der Waals surface area contributed by atoms with Crippen LogP contribution in [-0.2, 0) is 0 Å². The predicted molar refractivity (Wildman–Crippen MR) is 80.7 cm³/mol. The van der Waals surface area contributed by atoms with E-state index in [9.17, 15) is 13.9 Å². The summed E-state index contributed by atoms with van der Waals surface area (Å²) in [5, 5.41) is 12.7. The van der Waals surface area contributed by atoms with Gasteiger partial charge in [0.1, 0.15) is 5.75 Å². The van der Waals surface area contributed by atoms with Crippen molar-refractivity contribution in [3.63, 3.8) is 0 Å². The van der Waals surface area contributed by atoms with Crippen LogP contribution in [0.15, 0.2) is 53.0 Å². The van der Waals surface area contributed by atoms with Crippen LogP contribution < -0.4 is 10.1 Å². The molecular weight excluding hydrogens is 344 g/mol. The number of hydrogen-bond acceptors (Lipinski definition) is 3. The molecule has 0 saturated carbocycles. The molecule has 1 atom stereocenters. The lowest BCUT2D eigenvalue weighted by atomic mass is 10.1. The molecule has 0 spiro atoms. The molecule has 2 rings (SSSR count). The SMILES string of the molecule is OCC(Nc1ccccc1Br)c1ccccc1OC(F)F. The summed E-state index contributed by atoms with van der Waals surface area (Å²) in [6.45, 7) is -3.17. The summed E-state index contributed by atoms with van der Waals surface area (Å²) >= 11 is 3.39. The van der Waals surface area contributed by atoms with E-state index < -0.39 is 12.7 Å². The summed E-state index contributed by atoms with van der Waals surface area (Å²) in [4.78, 5) is 0. The summed E-state index contributed by atoms with van der Waals surface area (Å²) in [5.41, 5.74) is 1.22. The zero-order chi connectivity index (χ0) is 15.2. The highest BCUT2D eigenvalue weighted by atomic mass is 79.9. The summed E-state index contributed by atoms with van der Waals surface area (Å²) in [5.74, 6) is 0.0473. The van der Waals surface area contributed by atoms with Crippen molar-refractivity contribution >= 4 is 21.6 Å². The van der Waals surface area contributed by atoms with Gasteiger partial charge in [0.2, 0.25) is 0 Å². The molecule has 0 aliphatic heterocycles. The van der Waals surface area contributed by atoms with Crippen LogP contribution in [0, 0.1) is 0 Å². The average Bonchev–Trinajstić information content (AvgIpc) is 2.47. The molecule has 2 aromatic carbocycles. The van der Waals surface area contributed by atoms with Crippen molar-refractivity contribution in [1.29, 1.82) is 0 Å². The molecule has 112 valence electrons. The standard InChI is InChI=1S/C15H14BrF2NO2/c16-11-6-2-3-7-12(11)19-13(9-20)10-5-1-4-8-14(10)21-15(17)18/h1-8,13,15,19-20H,9H2. The number of halogens is 3. The highest BCUT2D eigenvalue weighted by molar-refractivity contribution is 9.10. The van der Waals surface area contributed by atoms with Gasteiger partial charge < -0.3 is 15.2 Å². The smallest absolute Gasteiger partial charge is 0.387 e. The van der Waals surface area contributed by atoms with E-state index in [1.807, 2.05) is 24.3 Å². The summed E-state index contributed by atoms with van der Waals surface area (Å²) in [6.07, 6.45) is 0. The Balaban J connectivity index is 2.27. The van der Waals surface area contributed by atoms with Crippen LogP contribution in [0.3, 0.4) is 0 Å². The number of nitrogens with one attached hydrogen (secondary N) is 1. The first kappa shape index (κ1) is 15.7. The van der Waals surface area contributed by atoms with E-state index in [1.54, 1.807) is 18.2 Å². The highest BCUT2D eigenvalue weighted by Crippen LogP contribution is 2.31. The van der Waals surface area contributed by atoms with Crippen molar-refractivity contribution in [3.8, 4) is 5.75 Å². The Morgan fingerprint density at radius 3 is 2.43 bits per heavy atom. The van der Waals surface area contributed by atoms with Crippen LogP contribution in [0.4, 0.5) is 14.5 Å². The Labute approximate surface area is 129 Å². The summed E-state index contributed by atoms with van der Waals surface area (Å²) < 4.78 is 30.2. The van der Waals surface area contributed by atoms with Gasteiger partial charge >= 0.3 is 6.61 Å². The van der Waals surface area contributed by atoms with E-state index in [0.717, 1.165) is 10.2 Å². The van der Waals surface area contributed by atoms with Crippen LogP contribution in [0.5, 0.6) is 5.75 Å². The van der Waals surface area contributed by atoms with E-state index >= 15 is 0 Å². The molecule has 0 bridgehead atoms. The summed E-state index contributed by atoms with van der Waals surface area (Å²) in [6, 6.07) is 13.2. The van der Waals surface area contributed by atoms with Crippen molar-refractivity contribution in [2.75, 3.05) is 11.9 Å². The second-order valence-corrected chi connectivity index (χ2v) is 5.13. The van der Waals surface area contributed by atoms with Crippen molar-refractivity contribution in [1.82, 2.24) is 0 Å². The number of alkyl halides is 2. The van der Waals surface area contributed by atoms with Crippen LogP contribution in [0.25, 0.3) is 0 Å². The van der Waals surface area contributed by atoms with Crippen LogP contribution in [-0.4, -0.2) is 18.3 Å². The van der Waals surface area contributed by atoms with Gasteiger partial charge in [0.25, 0.3) is 0 Å². The fraction of sp³-hybridized carbons (Fsp3) is 0.200. The molecular formula is C15H14BrF2NO2. The highest BCUT2D eigenvalue weighted by Gasteiger charge is 2.18. The third-order valence-electron chi connectivity index (χ3n) is 2.90. The van der Waals surface area contributed by atoms with Gasteiger partial charge in [-0.1, -0.05) is 30.3 Å². The van der Waals surface area contributed by atoms with Gasteiger partial charge in [-0.25, -0.2) is 0 Å². The van der Waals surface area contributed by atoms with Crippen LogP contribution >= 0.6 is 15.9 Å². The lowest BCUT2D eigenvalue weighted by molar-refractivity contribution is -0.0507. The second-order valence-electron chi connectivity index (χ2n) is 4.28. The lowest BCUT2D eigenvalue weighted by Crippen LogP contribution is -2.17. The number of anilines is 1. The molecule has 0 aliphatic rings. The van der Waals surface area contributed by atoms with Gasteiger partial charge in [0.05, 0.1) is 12.6 Å². The lowest BCUT2D eigenvalue weighted by Gasteiger charge is -2.21. The molecule has 3 nitrogen and oxygen atoms in total. The minimum absolute atomic E-state index is 0.0473. The molecule has 0 aliphatic carbocycles. The topological polar surface area (TPSA) is 41.5 Å². The third-order valence-corrected chi connectivity index (χ3v) is 3.59. The minimum atomic E-state index is -2.91. The number of aliphatic hydroxyl groups is 1. The maximum atomic E-state index is 12.4. The van der Waals surface area contributed by atoms with Crippen LogP contribution in [0.1, 0.15) is 11.6 Å². The number of benzene rings is 2. The van der Waals surface area contributed by atoms with Gasteiger partial charge in [0, 0.05) is 15.7 Å². The quantitative estimate of drug-likeness (QED) is 0.814. The molecule has 0 aromatic heterocycles. The molecule has 21 heavy (non-hydrogen) atoms. The van der Waals surface area contributed by atoms with Crippen molar-refractivity contribution in [3.05, 3.63) is 58.6 Å². The largest absolute Gasteiger partial charge is 0.434 e. The van der Waals surface area contributed by atoms with E-state index in [-0.39, 0.29) is 12.4 Å². The van der Waals surface area contributed by atoms with Gasteiger partial charge in [0.15, 0.2) is 0 Å². The van der Waals surface area contributed by atoms with E-state index in [1.165, 1.54) is 6.07 Å². The molecule has 2 aromatic rings. The van der Waals surface area contributed by atoms with E-state index in [0.29, 0.717) is 5.56 Å². The fourth-order valence-electron chi connectivity index (χ4n) is 1.96. The maximum absolute atomic E-state index is 12.4. The summed E-state index contributed by atoms with van der Waals surface area (Å²) in [7, 11) is 0. The first-order valence-corrected chi connectivity index (χ1v) is 7.06. The zero-order valence-electron chi connectivity index (χ0n) is 11.0.